The number of rotatable bonds is 3. The number of thiazole rings is 1. The third kappa shape index (κ3) is 2.70. The summed E-state index contributed by atoms with van der Waals surface area (Å²) in [6, 6.07) is 6.86. The van der Waals surface area contributed by atoms with Gasteiger partial charge in [0.05, 0.1) is 5.69 Å². The van der Waals surface area contributed by atoms with Crippen molar-refractivity contribution in [2.24, 2.45) is 0 Å². The first-order valence-electron chi connectivity index (χ1n) is 7.97. The van der Waals surface area contributed by atoms with Crippen molar-refractivity contribution in [2.45, 2.75) is 32.5 Å². The lowest BCUT2D eigenvalue weighted by Gasteiger charge is -2.09. The fourth-order valence-electron chi connectivity index (χ4n) is 2.93. The molecule has 128 valence electrons. The van der Waals surface area contributed by atoms with Gasteiger partial charge in [-0.1, -0.05) is 19.1 Å². The van der Waals surface area contributed by atoms with Crippen molar-refractivity contribution in [1.82, 2.24) is 9.38 Å². The Labute approximate surface area is 147 Å². The Bertz CT molecular complexity index is 1020. The Morgan fingerprint density at radius 1 is 1.40 bits per heavy atom. The van der Waals surface area contributed by atoms with E-state index in [1.165, 1.54) is 21.8 Å². The average molecular weight is 356 g/mol. The van der Waals surface area contributed by atoms with Crippen LogP contribution in [-0.2, 0) is 11.3 Å². The monoisotopic (exact) mass is 356 g/mol. The van der Waals surface area contributed by atoms with E-state index in [-0.39, 0.29) is 24.2 Å². The van der Waals surface area contributed by atoms with Gasteiger partial charge in [0, 0.05) is 29.1 Å². The highest BCUT2D eigenvalue weighted by Crippen LogP contribution is 2.40. The minimum Gasteiger partial charge on any atom is -0.489 e. The molecular formula is C18H16N2O4S. The smallest absolute Gasteiger partial charge is 0.342 e. The number of ether oxygens (including phenoxy) is 2. The molecule has 2 atom stereocenters. The zero-order chi connectivity index (χ0) is 17.6. The third-order valence-corrected chi connectivity index (χ3v) is 5.23. The quantitative estimate of drug-likeness (QED) is 0.675. The topological polar surface area (TPSA) is 69.9 Å². The second-order valence-electron chi connectivity index (χ2n) is 6.05. The summed E-state index contributed by atoms with van der Waals surface area (Å²) >= 11 is 1.35. The van der Waals surface area contributed by atoms with Crippen LogP contribution in [0.2, 0.25) is 0 Å². The summed E-state index contributed by atoms with van der Waals surface area (Å²) in [7, 11) is 0. The van der Waals surface area contributed by atoms with Gasteiger partial charge in [-0.2, -0.15) is 0 Å². The molecule has 0 radical (unpaired) electrons. The number of esters is 1. The van der Waals surface area contributed by atoms with Gasteiger partial charge in [0.15, 0.2) is 4.96 Å². The standard InChI is InChI=1S/C18H16N2O4S/c1-10-11(2)24-16-13(10)4-3-5-14(16)17(22)23-9-12-8-15(21)20-6-7-25-18(20)19-12/h3-8,10-11H,9H2,1-2H3/t10-,11+/m0/s1. The minimum atomic E-state index is -0.480. The van der Waals surface area contributed by atoms with E-state index in [0.29, 0.717) is 22.0 Å². The average Bonchev–Trinajstić information content (AvgIpc) is 3.18. The summed E-state index contributed by atoms with van der Waals surface area (Å²) in [4.78, 5) is 29.4. The molecule has 25 heavy (non-hydrogen) atoms. The number of benzene rings is 1. The van der Waals surface area contributed by atoms with Gasteiger partial charge in [0.1, 0.15) is 24.0 Å². The maximum Gasteiger partial charge on any atom is 0.342 e. The van der Waals surface area contributed by atoms with Crippen LogP contribution in [0.15, 0.2) is 40.6 Å². The molecule has 1 aliphatic rings. The Balaban J connectivity index is 1.56. The van der Waals surface area contributed by atoms with Gasteiger partial charge in [0.25, 0.3) is 5.56 Å². The van der Waals surface area contributed by atoms with Crippen LogP contribution < -0.4 is 10.3 Å². The van der Waals surface area contributed by atoms with Crippen LogP contribution in [0.5, 0.6) is 5.75 Å². The summed E-state index contributed by atoms with van der Waals surface area (Å²) in [5.41, 5.74) is 1.65. The first-order valence-corrected chi connectivity index (χ1v) is 8.85. The van der Waals surface area contributed by atoms with Crippen molar-refractivity contribution >= 4 is 22.3 Å². The Morgan fingerprint density at radius 2 is 2.24 bits per heavy atom. The zero-order valence-electron chi connectivity index (χ0n) is 13.8. The second kappa shape index (κ2) is 6.00. The van der Waals surface area contributed by atoms with E-state index in [9.17, 15) is 9.59 Å². The molecule has 0 fully saturated rings. The van der Waals surface area contributed by atoms with Crippen molar-refractivity contribution in [1.29, 1.82) is 0 Å². The molecule has 0 saturated carbocycles. The summed E-state index contributed by atoms with van der Waals surface area (Å²) in [5.74, 6) is 0.339. The van der Waals surface area contributed by atoms with E-state index >= 15 is 0 Å². The van der Waals surface area contributed by atoms with Gasteiger partial charge in [-0.15, -0.1) is 11.3 Å². The van der Waals surface area contributed by atoms with Crippen molar-refractivity contribution in [3.05, 3.63) is 63.0 Å². The summed E-state index contributed by atoms with van der Waals surface area (Å²) in [6.45, 7) is 3.99. The van der Waals surface area contributed by atoms with Crippen LogP contribution >= 0.6 is 11.3 Å². The highest BCUT2D eigenvalue weighted by atomic mass is 32.1. The van der Waals surface area contributed by atoms with E-state index in [2.05, 4.69) is 11.9 Å². The molecule has 0 aliphatic carbocycles. The SMILES string of the molecule is C[C@@H]1c2cccc(C(=O)OCc3cc(=O)n4ccsc4n3)c2O[C@@H]1C. The molecule has 6 nitrogen and oxygen atoms in total. The van der Waals surface area contributed by atoms with Crippen LogP contribution in [0.4, 0.5) is 0 Å². The molecule has 0 saturated heterocycles. The van der Waals surface area contributed by atoms with Crippen molar-refractivity contribution in [3.8, 4) is 5.75 Å². The van der Waals surface area contributed by atoms with Crippen molar-refractivity contribution in [3.63, 3.8) is 0 Å². The Morgan fingerprint density at radius 3 is 3.08 bits per heavy atom. The predicted molar refractivity (Wildman–Crippen MR) is 93.4 cm³/mol. The zero-order valence-corrected chi connectivity index (χ0v) is 14.6. The minimum absolute atomic E-state index is 0.0203. The van der Waals surface area contributed by atoms with Crippen LogP contribution in [0.25, 0.3) is 4.96 Å². The van der Waals surface area contributed by atoms with Crippen molar-refractivity contribution < 1.29 is 14.3 Å². The van der Waals surface area contributed by atoms with Crippen LogP contribution in [0.1, 0.15) is 41.4 Å². The molecule has 1 aromatic carbocycles. The van der Waals surface area contributed by atoms with Gasteiger partial charge in [0.2, 0.25) is 0 Å². The van der Waals surface area contributed by atoms with E-state index in [1.54, 1.807) is 17.6 Å². The van der Waals surface area contributed by atoms with E-state index < -0.39 is 5.97 Å². The van der Waals surface area contributed by atoms with Crippen molar-refractivity contribution in [2.75, 3.05) is 0 Å². The molecule has 3 aromatic rings. The lowest BCUT2D eigenvalue weighted by molar-refractivity contribution is 0.0462. The second-order valence-corrected chi connectivity index (χ2v) is 6.93. The fourth-order valence-corrected chi connectivity index (χ4v) is 3.66. The molecule has 0 amide bonds. The molecule has 7 heteroatoms. The number of aromatic nitrogens is 2. The fraction of sp³-hybridized carbons (Fsp3) is 0.278. The van der Waals surface area contributed by atoms with E-state index in [4.69, 9.17) is 9.47 Å². The highest BCUT2D eigenvalue weighted by Gasteiger charge is 2.31. The molecule has 0 N–H and O–H groups in total. The predicted octanol–water partition coefficient (Wildman–Crippen LogP) is 3.00. The molecule has 0 bridgehead atoms. The first kappa shape index (κ1) is 15.8. The molecule has 1 aliphatic heterocycles. The lowest BCUT2D eigenvalue weighted by Crippen LogP contribution is -2.15. The van der Waals surface area contributed by atoms with Gasteiger partial charge < -0.3 is 9.47 Å². The molecule has 0 unspecified atom stereocenters. The van der Waals surface area contributed by atoms with Crippen LogP contribution in [-0.4, -0.2) is 21.5 Å². The summed E-state index contributed by atoms with van der Waals surface area (Å²) < 4.78 is 12.6. The molecule has 2 aromatic heterocycles. The molecule has 3 heterocycles. The number of fused-ring (bicyclic) bond motifs is 2. The van der Waals surface area contributed by atoms with Gasteiger partial charge in [-0.25, -0.2) is 9.78 Å². The third-order valence-electron chi connectivity index (χ3n) is 4.47. The van der Waals surface area contributed by atoms with Crippen LogP contribution in [0.3, 0.4) is 0 Å². The molecule has 4 rings (SSSR count). The lowest BCUT2D eigenvalue weighted by atomic mass is 9.97. The summed E-state index contributed by atoms with van der Waals surface area (Å²) in [5, 5.41) is 1.78. The number of para-hydroxylation sites is 1. The number of hydrogen-bond acceptors (Lipinski definition) is 6. The van der Waals surface area contributed by atoms with E-state index in [1.807, 2.05) is 19.1 Å². The number of carbonyl (C=O) groups is 1. The molecular weight excluding hydrogens is 340 g/mol. The van der Waals surface area contributed by atoms with Gasteiger partial charge >= 0.3 is 5.97 Å². The maximum atomic E-state index is 12.5. The first-order chi connectivity index (χ1) is 12.0. The highest BCUT2D eigenvalue weighted by molar-refractivity contribution is 7.15. The number of nitrogens with zero attached hydrogens (tertiary/aromatic N) is 2. The maximum absolute atomic E-state index is 12.5. The number of hydrogen-bond donors (Lipinski definition) is 0. The normalized spacial score (nSPS) is 18.8. The summed E-state index contributed by atoms with van der Waals surface area (Å²) in [6.07, 6.45) is 1.69. The van der Waals surface area contributed by atoms with Gasteiger partial charge in [-0.05, 0) is 13.0 Å². The molecule has 0 spiro atoms. The van der Waals surface area contributed by atoms with E-state index in [0.717, 1.165) is 5.56 Å². The largest absolute Gasteiger partial charge is 0.489 e. The van der Waals surface area contributed by atoms with Crippen LogP contribution in [0, 0.1) is 0 Å². The number of carbonyl (C=O) groups excluding carboxylic acids is 1. The van der Waals surface area contributed by atoms with Gasteiger partial charge in [-0.3, -0.25) is 9.20 Å². The Hall–Kier alpha value is -2.67. The Kier molecular flexibility index (Phi) is 3.80.